The van der Waals surface area contributed by atoms with E-state index in [1.54, 1.807) is 12.1 Å². The van der Waals surface area contributed by atoms with Crippen molar-refractivity contribution in [2.24, 2.45) is 0 Å². The second-order valence-electron chi connectivity index (χ2n) is 8.52. The number of nitrogens with one attached hydrogen (secondary N) is 1. The number of hydrogen-bond acceptors (Lipinski definition) is 4. The van der Waals surface area contributed by atoms with E-state index in [0.29, 0.717) is 18.6 Å². The first kappa shape index (κ1) is 27.3. The zero-order chi connectivity index (χ0) is 20.4. The first-order valence-electron chi connectivity index (χ1n) is 10.2. The van der Waals surface area contributed by atoms with Gasteiger partial charge in [-0.25, -0.2) is 0 Å². The van der Waals surface area contributed by atoms with Crippen LogP contribution >= 0.6 is 24.8 Å². The van der Waals surface area contributed by atoms with Crippen molar-refractivity contribution in [3.05, 3.63) is 29.8 Å². The number of halogens is 5. The number of benzene rings is 1. The molecule has 1 aromatic rings. The predicted molar refractivity (Wildman–Crippen MR) is 117 cm³/mol. The van der Waals surface area contributed by atoms with Crippen LogP contribution in [0.15, 0.2) is 24.3 Å². The molecular formula is C21H33Cl2F3N2O2. The van der Waals surface area contributed by atoms with Gasteiger partial charge in [0.1, 0.15) is 5.75 Å². The molecule has 0 radical (unpaired) electrons. The Hall–Kier alpha value is -0.730. The maximum atomic E-state index is 12.5. The summed E-state index contributed by atoms with van der Waals surface area (Å²) in [5, 5.41) is 15.0. The number of hydrogen-bond donors (Lipinski definition) is 2. The monoisotopic (exact) mass is 472 g/mol. The SMILES string of the molecule is C[C@@H]1CN(CC(c2ccc(OC(F)(F)F)cc2)C2(O)CCCCC2)C[C@H](C)N1.Cl.Cl. The van der Waals surface area contributed by atoms with Gasteiger partial charge in [0.15, 0.2) is 0 Å². The maximum Gasteiger partial charge on any atom is 0.573 e. The fourth-order valence-corrected chi connectivity index (χ4v) is 4.85. The van der Waals surface area contributed by atoms with Crippen molar-refractivity contribution in [2.75, 3.05) is 19.6 Å². The molecule has 2 aliphatic rings. The highest BCUT2D eigenvalue weighted by Gasteiger charge is 2.40. The number of alkyl halides is 3. The Balaban J connectivity index is 0.00000225. The Morgan fingerprint density at radius 2 is 1.60 bits per heavy atom. The number of nitrogens with zero attached hydrogens (tertiary/aromatic N) is 1. The van der Waals surface area contributed by atoms with E-state index in [1.807, 2.05) is 0 Å². The molecule has 1 saturated carbocycles. The number of rotatable bonds is 5. The highest BCUT2D eigenvalue weighted by molar-refractivity contribution is 5.85. The molecule has 174 valence electrons. The Labute approximate surface area is 189 Å². The van der Waals surface area contributed by atoms with Gasteiger partial charge in [-0.1, -0.05) is 31.4 Å². The van der Waals surface area contributed by atoms with Gasteiger partial charge in [-0.15, -0.1) is 38.0 Å². The van der Waals surface area contributed by atoms with Crippen LogP contribution in [0, 0.1) is 0 Å². The second kappa shape index (κ2) is 11.2. The average molecular weight is 473 g/mol. The van der Waals surface area contributed by atoms with Crippen molar-refractivity contribution in [1.82, 2.24) is 10.2 Å². The maximum absolute atomic E-state index is 12.5. The van der Waals surface area contributed by atoms with Gasteiger partial charge in [-0.3, -0.25) is 4.90 Å². The standard InChI is InChI=1S/C21H31F3N2O2.2ClH/c1-15-12-26(13-16(2)25-15)14-19(20(27)10-4-3-5-11-20)17-6-8-18(9-7-17)28-21(22,23)24;;/h6-9,15-16,19,25,27H,3-5,10-14H2,1-2H3;2*1H/t15-,16+,19?;;. The molecule has 1 aromatic carbocycles. The summed E-state index contributed by atoms with van der Waals surface area (Å²) in [5.74, 6) is -0.361. The first-order chi connectivity index (χ1) is 13.1. The van der Waals surface area contributed by atoms with Crippen molar-refractivity contribution in [3.63, 3.8) is 0 Å². The summed E-state index contributed by atoms with van der Waals surface area (Å²) in [6.45, 7) is 6.79. The summed E-state index contributed by atoms with van der Waals surface area (Å²) in [4.78, 5) is 2.36. The molecule has 1 unspecified atom stereocenters. The summed E-state index contributed by atoms with van der Waals surface area (Å²) in [5.41, 5.74) is 0.0555. The third-order valence-corrected chi connectivity index (χ3v) is 5.96. The van der Waals surface area contributed by atoms with Gasteiger partial charge in [0.2, 0.25) is 0 Å². The van der Waals surface area contributed by atoms with Crippen LogP contribution in [0.1, 0.15) is 57.4 Å². The zero-order valence-corrected chi connectivity index (χ0v) is 19.1. The third kappa shape index (κ3) is 7.45. The highest BCUT2D eigenvalue weighted by atomic mass is 35.5. The molecule has 0 amide bonds. The number of ether oxygens (including phenoxy) is 1. The largest absolute Gasteiger partial charge is 0.573 e. The van der Waals surface area contributed by atoms with Gasteiger partial charge in [0.05, 0.1) is 5.60 Å². The lowest BCUT2D eigenvalue weighted by Gasteiger charge is -2.44. The Kier molecular flexibility index (Phi) is 10.2. The van der Waals surface area contributed by atoms with Gasteiger partial charge in [-0.05, 0) is 44.4 Å². The van der Waals surface area contributed by atoms with Gasteiger partial charge in [0.25, 0.3) is 0 Å². The second-order valence-corrected chi connectivity index (χ2v) is 8.52. The van der Waals surface area contributed by atoms with E-state index in [9.17, 15) is 18.3 Å². The number of aliphatic hydroxyl groups is 1. The molecule has 0 spiro atoms. The molecule has 0 aromatic heterocycles. The molecule has 0 bridgehead atoms. The molecule has 9 heteroatoms. The lowest BCUT2D eigenvalue weighted by molar-refractivity contribution is -0.274. The third-order valence-electron chi connectivity index (χ3n) is 5.96. The summed E-state index contributed by atoms with van der Waals surface area (Å²) < 4.78 is 41.4. The van der Waals surface area contributed by atoms with E-state index in [1.165, 1.54) is 12.1 Å². The van der Waals surface area contributed by atoms with E-state index in [2.05, 4.69) is 28.8 Å². The summed E-state index contributed by atoms with van der Waals surface area (Å²) in [7, 11) is 0. The van der Waals surface area contributed by atoms with Gasteiger partial charge < -0.3 is 15.2 Å². The number of piperazine rings is 1. The summed E-state index contributed by atoms with van der Waals surface area (Å²) >= 11 is 0. The molecule has 3 rings (SSSR count). The molecule has 30 heavy (non-hydrogen) atoms. The van der Waals surface area contributed by atoms with Crippen LogP contribution in [0.5, 0.6) is 5.75 Å². The van der Waals surface area contributed by atoms with Crippen molar-refractivity contribution >= 4 is 24.8 Å². The highest BCUT2D eigenvalue weighted by Crippen LogP contribution is 2.41. The Bertz CT molecular complexity index is 630. The van der Waals surface area contributed by atoms with E-state index >= 15 is 0 Å². The molecule has 1 saturated heterocycles. The molecular weight excluding hydrogens is 440 g/mol. The van der Waals surface area contributed by atoms with Crippen LogP contribution in [0.3, 0.4) is 0 Å². The van der Waals surface area contributed by atoms with Crippen LogP contribution in [0.4, 0.5) is 13.2 Å². The fourth-order valence-electron chi connectivity index (χ4n) is 4.85. The van der Waals surface area contributed by atoms with Crippen LogP contribution in [0.25, 0.3) is 0 Å². The van der Waals surface area contributed by atoms with Gasteiger partial charge in [0, 0.05) is 37.6 Å². The average Bonchev–Trinajstić information content (AvgIpc) is 2.59. The van der Waals surface area contributed by atoms with Gasteiger partial charge >= 0.3 is 6.36 Å². The van der Waals surface area contributed by atoms with Crippen LogP contribution < -0.4 is 10.1 Å². The van der Waals surface area contributed by atoms with E-state index in [-0.39, 0.29) is 36.5 Å². The lowest BCUT2D eigenvalue weighted by Crippen LogP contribution is -2.56. The quantitative estimate of drug-likeness (QED) is 0.640. The van der Waals surface area contributed by atoms with E-state index in [4.69, 9.17) is 0 Å². The van der Waals surface area contributed by atoms with Gasteiger partial charge in [-0.2, -0.15) is 0 Å². The molecule has 4 nitrogen and oxygen atoms in total. The van der Waals surface area contributed by atoms with Crippen LogP contribution in [0.2, 0.25) is 0 Å². The van der Waals surface area contributed by atoms with Crippen molar-refractivity contribution in [1.29, 1.82) is 0 Å². The Morgan fingerprint density at radius 1 is 1.07 bits per heavy atom. The van der Waals surface area contributed by atoms with E-state index < -0.39 is 12.0 Å². The zero-order valence-electron chi connectivity index (χ0n) is 17.5. The lowest BCUT2D eigenvalue weighted by atomic mass is 9.72. The molecule has 2 N–H and O–H groups in total. The molecule has 2 fully saturated rings. The fraction of sp³-hybridized carbons (Fsp3) is 0.714. The topological polar surface area (TPSA) is 44.7 Å². The van der Waals surface area contributed by atoms with Crippen molar-refractivity contribution < 1.29 is 23.0 Å². The summed E-state index contributed by atoms with van der Waals surface area (Å²) in [6.07, 6.45) is -0.150. The minimum Gasteiger partial charge on any atom is -0.406 e. The first-order valence-corrected chi connectivity index (χ1v) is 10.2. The smallest absolute Gasteiger partial charge is 0.406 e. The van der Waals surface area contributed by atoms with E-state index in [0.717, 1.165) is 50.8 Å². The normalized spacial score (nSPS) is 25.5. The van der Waals surface area contributed by atoms with Crippen molar-refractivity contribution in [3.8, 4) is 5.75 Å². The minimum atomic E-state index is -4.70. The molecule has 3 atom stereocenters. The minimum absolute atomic E-state index is 0. The molecule has 1 heterocycles. The Morgan fingerprint density at radius 3 is 2.10 bits per heavy atom. The molecule has 1 aliphatic heterocycles. The van der Waals surface area contributed by atoms with Crippen LogP contribution in [-0.2, 0) is 0 Å². The summed E-state index contributed by atoms with van der Waals surface area (Å²) in [6, 6.07) is 6.79. The predicted octanol–water partition coefficient (Wildman–Crippen LogP) is 4.89. The molecule has 1 aliphatic carbocycles. The van der Waals surface area contributed by atoms with Crippen molar-refractivity contribution in [2.45, 2.75) is 75.9 Å². The van der Waals surface area contributed by atoms with Crippen LogP contribution in [-0.4, -0.2) is 53.7 Å².